The van der Waals surface area contributed by atoms with Crippen LogP contribution in [-0.4, -0.2) is 68.6 Å². The molecule has 2 amide bonds. The maximum Gasteiger partial charge on any atom is 0.239 e. The van der Waals surface area contributed by atoms with Gasteiger partial charge in [0.1, 0.15) is 0 Å². The molecule has 2 aromatic rings. The minimum atomic E-state index is -0.0937. The van der Waals surface area contributed by atoms with Crippen molar-refractivity contribution < 1.29 is 19.1 Å². The van der Waals surface area contributed by atoms with Gasteiger partial charge in [-0.3, -0.25) is 14.5 Å². The lowest BCUT2D eigenvalue weighted by Crippen LogP contribution is -2.46. The number of hydrogen-bond donors (Lipinski definition) is 1. The molecule has 1 fully saturated rings. The van der Waals surface area contributed by atoms with Gasteiger partial charge >= 0.3 is 0 Å². The Bertz CT molecular complexity index is 975. The third-order valence-electron chi connectivity index (χ3n) is 6.18. The second-order valence-corrected chi connectivity index (χ2v) is 8.53. The Hall–Kier alpha value is -3.06. The van der Waals surface area contributed by atoms with Gasteiger partial charge in [-0.2, -0.15) is 0 Å². The number of ether oxygens (including phenoxy) is 2. The Balaban J connectivity index is 1.57. The van der Waals surface area contributed by atoms with Crippen molar-refractivity contribution in [1.82, 2.24) is 15.1 Å². The van der Waals surface area contributed by atoms with Crippen LogP contribution in [0, 0.1) is 0 Å². The smallest absolute Gasteiger partial charge is 0.239 e. The quantitative estimate of drug-likeness (QED) is 0.687. The van der Waals surface area contributed by atoms with E-state index in [9.17, 15) is 9.59 Å². The number of likely N-dealkylation sites (N-methyl/N-ethyl adjacent to an activating group) is 1. The second-order valence-electron chi connectivity index (χ2n) is 8.53. The molecular formula is C25H31N3O4. The number of amides is 2. The van der Waals surface area contributed by atoms with Gasteiger partial charge in [0.05, 0.1) is 33.4 Å². The van der Waals surface area contributed by atoms with Crippen LogP contribution in [0.4, 0.5) is 0 Å². The van der Waals surface area contributed by atoms with Crippen LogP contribution in [0.3, 0.4) is 0 Å². The maximum absolute atomic E-state index is 13.0. The molecule has 0 aromatic heterocycles. The Morgan fingerprint density at radius 3 is 2.44 bits per heavy atom. The maximum atomic E-state index is 13.0. The van der Waals surface area contributed by atoms with E-state index in [-0.39, 0.29) is 30.9 Å². The van der Waals surface area contributed by atoms with Gasteiger partial charge < -0.3 is 19.7 Å². The molecule has 0 bridgehead atoms. The molecule has 0 spiro atoms. The molecular weight excluding hydrogens is 406 g/mol. The summed E-state index contributed by atoms with van der Waals surface area (Å²) in [5, 5.41) is 2.94. The summed E-state index contributed by atoms with van der Waals surface area (Å²) < 4.78 is 11.1. The van der Waals surface area contributed by atoms with Crippen LogP contribution in [0.2, 0.25) is 0 Å². The zero-order valence-electron chi connectivity index (χ0n) is 19.0. The molecule has 0 radical (unpaired) electrons. The second kappa shape index (κ2) is 9.61. The Labute approximate surface area is 189 Å². The van der Waals surface area contributed by atoms with E-state index in [0.29, 0.717) is 17.5 Å². The van der Waals surface area contributed by atoms with Crippen LogP contribution >= 0.6 is 0 Å². The summed E-state index contributed by atoms with van der Waals surface area (Å²) >= 11 is 0. The first-order valence-corrected chi connectivity index (χ1v) is 11.1. The lowest BCUT2D eigenvalue weighted by atomic mass is 9.87. The van der Waals surface area contributed by atoms with Crippen LogP contribution in [0.5, 0.6) is 11.5 Å². The van der Waals surface area contributed by atoms with Gasteiger partial charge in [-0.1, -0.05) is 30.3 Å². The van der Waals surface area contributed by atoms with Crippen molar-refractivity contribution in [3.8, 4) is 11.5 Å². The molecule has 0 saturated heterocycles. The highest BCUT2D eigenvalue weighted by atomic mass is 16.5. The first-order valence-electron chi connectivity index (χ1n) is 11.1. The number of carbonyl (C=O) groups excluding carboxylic acids is 2. The van der Waals surface area contributed by atoms with Crippen molar-refractivity contribution in [2.24, 2.45) is 0 Å². The Kier molecular flexibility index (Phi) is 6.65. The highest BCUT2D eigenvalue weighted by Crippen LogP contribution is 2.40. The Morgan fingerprint density at radius 2 is 1.78 bits per heavy atom. The van der Waals surface area contributed by atoms with E-state index in [1.54, 1.807) is 21.3 Å². The fraction of sp³-hybridized carbons (Fsp3) is 0.440. The van der Waals surface area contributed by atoms with Crippen molar-refractivity contribution in [2.75, 3.05) is 40.9 Å². The number of nitrogens with one attached hydrogen (secondary N) is 1. The monoisotopic (exact) mass is 437 g/mol. The molecule has 1 unspecified atom stereocenters. The van der Waals surface area contributed by atoms with E-state index in [1.165, 1.54) is 10.5 Å². The standard InChI is InChI=1S/C25H31N3O4/c1-27(15-23(29)26-19-9-10-19)24(30)16-28-12-11-18-13-21(31-2)22(32-3)14-20(18)25(28)17-7-5-4-6-8-17/h4-8,13-14,19,25H,9-12,15-16H2,1-3H3,(H,26,29). The number of fused-ring (bicyclic) bond motifs is 1. The zero-order chi connectivity index (χ0) is 22.7. The summed E-state index contributed by atoms with van der Waals surface area (Å²) in [4.78, 5) is 28.9. The van der Waals surface area contributed by atoms with E-state index < -0.39 is 0 Å². The highest BCUT2D eigenvalue weighted by Gasteiger charge is 2.32. The van der Waals surface area contributed by atoms with Crippen molar-refractivity contribution in [3.63, 3.8) is 0 Å². The van der Waals surface area contributed by atoms with Crippen molar-refractivity contribution in [1.29, 1.82) is 0 Å². The minimum absolute atomic E-state index is 0.0687. The van der Waals surface area contributed by atoms with Gasteiger partial charge in [-0.25, -0.2) is 0 Å². The van der Waals surface area contributed by atoms with Crippen molar-refractivity contribution >= 4 is 11.8 Å². The summed E-state index contributed by atoms with van der Waals surface area (Å²) in [7, 11) is 4.97. The number of carbonyl (C=O) groups is 2. The largest absolute Gasteiger partial charge is 0.493 e. The minimum Gasteiger partial charge on any atom is -0.493 e. The molecule has 2 aliphatic rings. The highest BCUT2D eigenvalue weighted by molar-refractivity contribution is 5.85. The number of nitrogens with zero attached hydrogens (tertiary/aromatic N) is 2. The van der Waals surface area contributed by atoms with E-state index in [1.807, 2.05) is 30.3 Å². The predicted molar refractivity (Wildman–Crippen MR) is 122 cm³/mol. The molecule has 1 aliphatic heterocycles. The fourth-order valence-electron chi connectivity index (χ4n) is 4.29. The average molecular weight is 438 g/mol. The van der Waals surface area contributed by atoms with Crippen LogP contribution in [-0.2, 0) is 16.0 Å². The summed E-state index contributed by atoms with van der Waals surface area (Å²) in [6.07, 6.45) is 2.87. The normalized spacial score (nSPS) is 17.9. The molecule has 32 heavy (non-hydrogen) atoms. The zero-order valence-corrected chi connectivity index (χ0v) is 19.0. The average Bonchev–Trinajstić information content (AvgIpc) is 3.62. The summed E-state index contributed by atoms with van der Waals surface area (Å²) in [6.45, 7) is 1.05. The van der Waals surface area contributed by atoms with E-state index in [4.69, 9.17) is 9.47 Å². The SMILES string of the molecule is COc1cc2c(cc1OC)C(c1ccccc1)N(CC(=O)N(C)CC(=O)NC1CC1)CC2. The summed E-state index contributed by atoms with van der Waals surface area (Å²) in [6, 6.07) is 14.5. The lowest BCUT2D eigenvalue weighted by Gasteiger charge is -2.38. The van der Waals surface area contributed by atoms with Gasteiger partial charge in [0.25, 0.3) is 0 Å². The van der Waals surface area contributed by atoms with E-state index in [2.05, 4.69) is 22.3 Å². The van der Waals surface area contributed by atoms with Crippen molar-refractivity contribution in [3.05, 3.63) is 59.2 Å². The van der Waals surface area contributed by atoms with Crippen LogP contribution in [0.15, 0.2) is 42.5 Å². The molecule has 1 saturated carbocycles. The van der Waals surface area contributed by atoms with Gasteiger partial charge in [-0.05, 0) is 48.1 Å². The fourth-order valence-corrected chi connectivity index (χ4v) is 4.29. The third kappa shape index (κ3) is 4.88. The number of methoxy groups -OCH3 is 2. The molecule has 1 aliphatic carbocycles. The van der Waals surface area contributed by atoms with Gasteiger partial charge in [0, 0.05) is 19.6 Å². The van der Waals surface area contributed by atoms with Crippen LogP contribution in [0.1, 0.15) is 35.6 Å². The Morgan fingerprint density at radius 1 is 1.09 bits per heavy atom. The molecule has 1 atom stereocenters. The van der Waals surface area contributed by atoms with E-state index >= 15 is 0 Å². The van der Waals surface area contributed by atoms with Crippen LogP contribution < -0.4 is 14.8 Å². The first-order chi connectivity index (χ1) is 15.5. The van der Waals surface area contributed by atoms with Crippen molar-refractivity contribution in [2.45, 2.75) is 31.3 Å². The van der Waals surface area contributed by atoms with Crippen LogP contribution in [0.25, 0.3) is 0 Å². The predicted octanol–water partition coefficient (Wildman–Crippen LogP) is 2.39. The summed E-state index contributed by atoms with van der Waals surface area (Å²) in [5.74, 6) is 1.22. The van der Waals surface area contributed by atoms with Gasteiger partial charge in [-0.15, -0.1) is 0 Å². The summed E-state index contributed by atoms with van der Waals surface area (Å²) in [5.41, 5.74) is 3.42. The molecule has 7 heteroatoms. The molecule has 4 rings (SSSR count). The number of rotatable bonds is 8. The first kappa shape index (κ1) is 22.1. The lowest BCUT2D eigenvalue weighted by molar-refractivity contribution is -0.136. The molecule has 7 nitrogen and oxygen atoms in total. The molecule has 170 valence electrons. The topological polar surface area (TPSA) is 71.1 Å². The molecule has 1 N–H and O–H groups in total. The third-order valence-corrected chi connectivity index (χ3v) is 6.18. The van der Waals surface area contributed by atoms with E-state index in [0.717, 1.165) is 36.9 Å². The van der Waals surface area contributed by atoms with Gasteiger partial charge in [0.2, 0.25) is 11.8 Å². The molecule has 1 heterocycles. The number of benzene rings is 2. The number of hydrogen-bond acceptors (Lipinski definition) is 5. The van der Waals surface area contributed by atoms with Gasteiger partial charge in [0.15, 0.2) is 11.5 Å². The molecule has 2 aromatic carbocycles.